The summed E-state index contributed by atoms with van der Waals surface area (Å²) in [5, 5.41) is 24.0. The first kappa shape index (κ1) is 26.9. The van der Waals surface area contributed by atoms with Crippen LogP contribution in [0.3, 0.4) is 0 Å². The van der Waals surface area contributed by atoms with Gasteiger partial charge in [0.05, 0.1) is 29.9 Å². The third-order valence-corrected chi connectivity index (χ3v) is 9.57. The summed E-state index contributed by atoms with van der Waals surface area (Å²) >= 11 is 4.06. The molecule has 9 nitrogen and oxygen atoms in total. The van der Waals surface area contributed by atoms with Gasteiger partial charge in [0.1, 0.15) is 11.6 Å². The molecule has 200 valence electrons. The molecule has 0 saturated carbocycles. The number of allylic oxidation sites excluding steroid dienone is 3. The molecule has 3 N–H and O–H groups in total. The number of hydrogen-bond donors (Lipinski definition) is 2. The lowest BCUT2D eigenvalue weighted by Gasteiger charge is -2.37. The predicted octanol–water partition coefficient (Wildman–Crippen LogP) is 5.34. The second-order valence-corrected chi connectivity index (χ2v) is 12.1. The standard InChI is InChI=1S/C27H26N6O3S3/c1-3-36-17-9-7-16(8-10-17)30-21(35)14-38-27-32-31-26(39-27)33-19-5-4-6-20(34)23(19)22(18(13-28)25(33)29)24-15(2)11-12-37-24/h7-12,22H,3-6,14,29H2,1-2H3,(H,30,35). The number of thioether (sulfide) groups is 1. The Morgan fingerprint density at radius 2 is 2.08 bits per heavy atom. The fourth-order valence-electron chi connectivity index (χ4n) is 4.72. The fourth-order valence-corrected chi connectivity index (χ4v) is 7.45. The lowest BCUT2D eigenvalue weighted by atomic mass is 9.78. The lowest BCUT2D eigenvalue weighted by molar-refractivity contribution is -0.116. The van der Waals surface area contributed by atoms with Gasteiger partial charge >= 0.3 is 0 Å². The topological polar surface area (TPSA) is 134 Å². The van der Waals surface area contributed by atoms with Crippen molar-refractivity contribution in [2.75, 3.05) is 22.6 Å². The van der Waals surface area contributed by atoms with Gasteiger partial charge in [0.2, 0.25) is 11.0 Å². The van der Waals surface area contributed by atoms with Gasteiger partial charge in [-0.1, -0.05) is 23.1 Å². The van der Waals surface area contributed by atoms with Crippen LogP contribution in [0, 0.1) is 18.3 Å². The van der Waals surface area contributed by atoms with Crippen molar-refractivity contribution in [3.8, 4) is 11.8 Å². The molecule has 1 amide bonds. The van der Waals surface area contributed by atoms with Crippen molar-refractivity contribution in [1.29, 1.82) is 5.26 Å². The number of nitrogens with one attached hydrogen (secondary N) is 1. The Bertz CT molecular complexity index is 1520. The fraction of sp³-hybridized carbons (Fsp3) is 0.296. The Balaban J connectivity index is 1.36. The lowest BCUT2D eigenvalue weighted by Crippen LogP contribution is -2.38. The summed E-state index contributed by atoms with van der Waals surface area (Å²) in [6, 6.07) is 11.5. The number of aryl methyl sites for hydroxylation is 1. The SMILES string of the molecule is CCOc1ccc(NC(=O)CSc2nnc(N3C(N)=C(C#N)C(c4sccc4C)C4=C3CCCC4=O)s2)cc1. The molecule has 12 heteroatoms. The first-order chi connectivity index (χ1) is 18.9. The van der Waals surface area contributed by atoms with Gasteiger partial charge in [-0.15, -0.1) is 21.5 Å². The van der Waals surface area contributed by atoms with E-state index in [9.17, 15) is 14.9 Å². The number of carbonyl (C=O) groups is 2. The second kappa shape index (κ2) is 11.6. The van der Waals surface area contributed by atoms with Crippen LogP contribution in [0.5, 0.6) is 5.75 Å². The van der Waals surface area contributed by atoms with Crippen LogP contribution in [0.15, 0.2) is 62.7 Å². The molecular formula is C27H26N6O3S3. The van der Waals surface area contributed by atoms with Gasteiger partial charge in [-0.3, -0.25) is 14.5 Å². The molecule has 3 heterocycles. The third kappa shape index (κ3) is 5.43. The number of nitriles is 1. The summed E-state index contributed by atoms with van der Waals surface area (Å²) in [6.45, 7) is 4.47. The van der Waals surface area contributed by atoms with E-state index in [-0.39, 0.29) is 23.3 Å². The van der Waals surface area contributed by atoms with Crippen molar-refractivity contribution in [1.82, 2.24) is 10.2 Å². The van der Waals surface area contributed by atoms with Gasteiger partial charge in [-0.05, 0) is 68.0 Å². The number of aromatic nitrogens is 2. The van der Waals surface area contributed by atoms with Crippen molar-refractivity contribution >= 4 is 56.9 Å². The zero-order valence-electron chi connectivity index (χ0n) is 21.4. The Morgan fingerprint density at radius 3 is 2.77 bits per heavy atom. The number of anilines is 2. The Hall–Kier alpha value is -3.66. The Labute approximate surface area is 238 Å². The van der Waals surface area contributed by atoms with Gasteiger partial charge in [0.15, 0.2) is 10.1 Å². The van der Waals surface area contributed by atoms with Crippen LogP contribution >= 0.6 is 34.4 Å². The molecule has 0 spiro atoms. The zero-order chi connectivity index (χ0) is 27.5. The molecule has 1 aromatic carbocycles. The van der Waals surface area contributed by atoms with Crippen molar-refractivity contribution in [3.63, 3.8) is 0 Å². The van der Waals surface area contributed by atoms with Gasteiger partial charge in [-0.25, -0.2) is 0 Å². The van der Waals surface area contributed by atoms with Crippen molar-refractivity contribution in [2.45, 2.75) is 43.4 Å². The smallest absolute Gasteiger partial charge is 0.234 e. The van der Waals surface area contributed by atoms with Crippen LogP contribution in [0.25, 0.3) is 0 Å². The number of Topliss-reactive ketones (excluding diaryl/α,β-unsaturated/α-hetero) is 1. The molecule has 0 bridgehead atoms. The summed E-state index contributed by atoms with van der Waals surface area (Å²) < 4.78 is 6.01. The van der Waals surface area contributed by atoms with Gasteiger partial charge in [0.25, 0.3) is 0 Å². The summed E-state index contributed by atoms with van der Waals surface area (Å²) in [6.07, 6.45) is 1.78. The molecule has 5 rings (SSSR count). The van der Waals surface area contributed by atoms with E-state index >= 15 is 0 Å². The highest BCUT2D eigenvalue weighted by molar-refractivity contribution is 8.01. The number of nitrogens with zero attached hydrogens (tertiary/aromatic N) is 4. The van der Waals surface area contributed by atoms with Crippen LogP contribution in [0.1, 0.15) is 42.5 Å². The van der Waals surface area contributed by atoms with Crippen LogP contribution in [-0.2, 0) is 9.59 Å². The van der Waals surface area contributed by atoms with Crippen molar-refractivity contribution < 1.29 is 14.3 Å². The van der Waals surface area contributed by atoms with Crippen molar-refractivity contribution in [2.24, 2.45) is 5.73 Å². The van der Waals surface area contributed by atoms with E-state index in [1.54, 1.807) is 29.2 Å². The van der Waals surface area contributed by atoms with Crippen LogP contribution in [-0.4, -0.2) is 34.2 Å². The average Bonchev–Trinajstić information content (AvgIpc) is 3.57. The largest absolute Gasteiger partial charge is 0.494 e. The number of nitrogens with two attached hydrogens (primary N) is 1. The van der Waals surface area contributed by atoms with E-state index in [0.717, 1.165) is 21.9 Å². The molecule has 1 aliphatic heterocycles. The molecule has 3 aromatic rings. The van der Waals surface area contributed by atoms with E-state index in [1.807, 2.05) is 25.3 Å². The molecule has 0 fully saturated rings. The number of benzene rings is 1. The monoisotopic (exact) mass is 578 g/mol. The van der Waals surface area contributed by atoms with Gasteiger partial charge in [-0.2, -0.15) is 5.26 Å². The highest BCUT2D eigenvalue weighted by Crippen LogP contribution is 2.48. The van der Waals surface area contributed by atoms with E-state index < -0.39 is 5.92 Å². The average molecular weight is 579 g/mol. The molecular weight excluding hydrogens is 553 g/mol. The summed E-state index contributed by atoms with van der Waals surface area (Å²) in [5.74, 6) is 0.535. The normalized spacial score (nSPS) is 17.2. The molecule has 0 saturated heterocycles. The molecule has 1 unspecified atom stereocenters. The van der Waals surface area contributed by atoms with E-state index in [1.165, 1.54) is 34.4 Å². The minimum absolute atomic E-state index is 0.0318. The first-order valence-electron chi connectivity index (χ1n) is 12.4. The second-order valence-electron chi connectivity index (χ2n) is 8.93. The van der Waals surface area contributed by atoms with E-state index in [2.05, 4.69) is 21.6 Å². The molecule has 1 aliphatic carbocycles. The molecule has 2 aromatic heterocycles. The number of hydrogen-bond acceptors (Lipinski definition) is 11. The quantitative estimate of drug-likeness (QED) is 0.340. The predicted molar refractivity (Wildman–Crippen MR) is 154 cm³/mol. The van der Waals surface area contributed by atoms with Gasteiger partial charge in [0, 0.05) is 28.3 Å². The minimum atomic E-state index is -0.470. The third-order valence-electron chi connectivity index (χ3n) is 6.44. The summed E-state index contributed by atoms with van der Waals surface area (Å²) in [4.78, 5) is 28.4. The highest BCUT2D eigenvalue weighted by Gasteiger charge is 2.42. The van der Waals surface area contributed by atoms with Crippen molar-refractivity contribution in [3.05, 3.63) is 68.8 Å². The van der Waals surface area contributed by atoms with Crippen LogP contribution < -0.4 is 20.7 Å². The summed E-state index contributed by atoms with van der Waals surface area (Å²) in [7, 11) is 0. The number of rotatable bonds is 8. The molecule has 39 heavy (non-hydrogen) atoms. The Kier molecular flexibility index (Phi) is 8.02. The number of ketones is 1. The maximum Gasteiger partial charge on any atom is 0.234 e. The summed E-state index contributed by atoms with van der Waals surface area (Å²) in [5.41, 5.74) is 10.1. The van der Waals surface area contributed by atoms with Crippen LogP contribution in [0.4, 0.5) is 10.8 Å². The zero-order valence-corrected chi connectivity index (χ0v) is 23.8. The number of carbonyl (C=O) groups excluding carboxylic acids is 2. The van der Waals surface area contributed by atoms with Gasteiger partial charge < -0.3 is 15.8 Å². The first-order valence-corrected chi connectivity index (χ1v) is 15.1. The molecule has 0 radical (unpaired) electrons. The maximum atomic E-state index is 13.2. The Morgan fingerprint density at radius 1 is 1.28 bits per heavy atom. The minimum Gasteiger partial charge on any atom is -0.494 e. The number of ether oxygens (including phenoxy) is 1. The number of amides is 1. The van der Waals surface area contributed by atoms with E-state index in [0.29, 0.717) is 52.2 Å². The van der Waals surface area contributed by atoms with E-state index in [4.69, 9.17) is 10.5 Å². The highest BCUT2D eigenvalue weighted by atomic mass is 32.2. The van der Waals surface area contributed by atoms with Crippen LogP contribution in [0.2, 0.25) is 0 Å². The molecule has 2 aliphatic rings. The number of thiophene rings is 1. The maximum absolute atomic E-state index is 13.2. The molecule has 1 atom stereocenters.